The van der Waals surface area contributed by atoms with Gasteiger partial charge in [-0.3, -0.25) is 9.59 Å². The van der Waals surface area contributed by atoms with E-state index in [1.54, 1.807) is 13.0 Å². The summed E-state index contributed by atoms with van der Waals surface area (Å²) in [5.74, 6) is -0.571. The topological polar surface area (TPSA) is 69.4 Å². The molecule has 0 aromatic heterocycles. The van der Waals surface area contributed by atoms with Crippen LogP contribution in [0.1, 0.15) is 13.3 Å². The zero-order valence-corrected chi connectivity index (χ0v) is 7.53. The van der Waals surface area contributed by atoms with Gasteiger partial charge in [0, 0.05) is 0 Å². The monoisotopic (exact) mass is 183 g/mol. The summed E-state index contributed by atoms with van der Waals surface area (Å²) < 4.78 is 4.81. The van der Waals surface area contributed by atoms with Crippen LogP contribution in [-0.4, -0.2) is 18.5 Å². The zero-order chi connectivity index (χ0) is 9.84. The predicted molar refractivity (Wildman–Crippen MR) is 46.6 cm³/mol. The fraction of sp³-hybridized carbons (Fsp3) is 0.556. The number of primary amides is 1. The largest absolute Gasteiger partial charge is 0.466 e. The summed E-state index contributed by atoms with van der Waals surface area (Å²) in [6.07, 6.45) is 3.73. The second kappa shape index (κ2) is 4.07. The third kappa shape index (κ3) is 2.89. The Kier molecular flexibility index (Phi) is 3.06. The maximum Gasteiger partial charge on any atom is 0.309 e. The van der Waals surface area contributed by atoms with Gasteiger partial charge in [0.05, 0.1) is 12.5 Å². The van der Waals surface area contributed by atoms with E-state index < -0.39 is 5.91 Å². The van der Waals surface area contributed by atoms with Crippen molar-refractivity contribution in [2.75, 3.05) is 6.61 Å². The van der Waals surface area contributed by atoms with Crippen molar-refractivity contribution in [3.8, 4) is 0 Å². The summed E-state index contributed by atoms with van der Waals surface area (Å²) >= 11 is 0. The molecular formula is C9H13NO3. The lowest BCUT2D eigenvalue weighted by Gasteiger charge is -1.97. The first kappa shape index (κ1) is 9.77. The number of rotatable bonds is 4. The minimum atomic E-state index is -0.477. The molecule has 2 unspecified atom stereocenters. The van der Waals surface area contributed by atoms with Gasteiger partial charge in [0.15, 0.2) is 0 Å². The number of hydrogen-bond acceptors (Lipinski definition) is 3. The molecule has 4 heteroatoms. The molecule has 0 radical (unpaired) electrons. The Bertz CT molecular complexity index is 247. The van der Waals surface area contributed by atoms with Gasteiger partial charge in [-0.15, -0.1) is 0 Å². The van der Waals surface area contributed by atoms with Crippen molar-refractivity contribution in [3.05, 3.63) is 12.2 Å². The molecule has 1 amide bonds. The predicted octanol–water partition coefficient (Wildman–Crippen LogP) is 0.227. The van der Waals surface area contributed by atoms with Gasteiger partial charge in [0.1, 0.15) is 0 Å². The van der Waals surface area contributed by atoms with Crippen molar-refractivity contribution in [1.29, 1.82) is 0 Å². The smallest absolute Gasteiger partial charge is 0.309 e. The molecule has 1 rings (SSSR count). The molecule has 0 bridgehead atoms. The van der Waals surface area contributed by atoms with Crippen LogP contribution in [0.4, 0.5) is 0 Å². The van der Waals surface area contributed by atoms with Crippen molar-refractivity contribution in [3.63, 3.8) is 0 Å². The molecule has 1 saturated carbocycles. The summed E-state index contributed by atoms with van der Waals surface area (Å²) in [7, 11) is 0. The van der Waals surface area contributed by atoms with Crippen LogP contribution in [0.5, 0.6) is 0 Å². The third-order valence-electron chi connectivity index (χ3n) is 1.94. The molecule has 13 heavy (non-hydrogen) atoms. The van der Waals surface area contributed by atoms with E-state index in [1.165, 1.54) is 6.08 Å². The van der Waals surface area contributed by atoms with Crippen LogP contribution in [0.15, 0.2) is 12.2 Å². The van der Waals surface area contributed by atoms with Gasteiger partial charge in [-0.1, -0.05) is 6.08 Å². The van der Waals surface area contributed by atoms with Crippen molar-refractivity contribution in [2.45, 2.75) is 13.3 Å². The highest BCUT2D eigenvalue weighted by molar-refractivity contribution is 5.86. The third-order valence-corrected chi connectivity index (χ3v) is 1.94. The minimum absolute atomic E-state index is 0.0597. The Morgan fingerprint density at radius 3 is 2.85 bits per heavy atom. The molecule has 0 aromatic rings. The van der Waals surface area contributed by atoms with Gasteiger partial charge in [-0.2, -0.15) is 0 Å². The lowest BCUT2D eigenvalue weighted by atomic mass is 10.3. The highest BCUT2D eigenvalue weighted by atomic mass is 16.5. The standard InChI is InChI=1S/C9H13NO3/c1-2-13-9(12)7-5-6(7)3-4-8(10)11/h3-4,6-7H,2,5H2,1H3,(H2,10,11). The minimum Gasteiger partial charge on any atom is -0.466 e. The Hall–Kier alpha value is -1.32. The summed E-state index contributed by atoms with van der Waals surface area (Å²) in [6, 6.07) is 0. The number of amides is 1. The van der Waals surface area contributed by atoms with E-state index in [1.807, 2.05) is 0 Å². The number of nitrogens with two attached hydrogens (primary N) is 1. The summed E-state index contributed by atoms with van der Waals surface area (Å²) in [6.45, 7) is 2.18. The van der Waals surface area contributed by atoms with Gasteiger partial charge in [0.2, 0.25) is 5.91 Å². The molecule has 1 fully saturated rings. The molecule has 0 aliphatic heterocycles. The summed E-state index contributed by atoms with van der Waals surface area (Å²) in [4.78, 5) is 21.4. The average molecular weight is 183 g/mol. The second-order valence-electron chi connectivity index (χ2n) is 3.02. The number of esters is 1. The van der Waals surface area contributed by atoms with Crippen molar-refractivity contribution >= 4 is 11.9 Å². The van der Waals surface area contributed by atoms with Crippen LogP contribution in [0, 0.1) is 11.8 Å². The molecule has 72 valence electrons. The molecule has 2 N–H and O–H groups in total. The fourth-order valence-corrected chi connectivity index (χ4v) is 1.17. The van der Waals surface area contributed by atoms with Crippen LogP contribution in [0.3, 0.4) is 0 Å². The van der Waals surface area contributed by atoms with Crippen molar-refractivity contribution in [1.82, 2.24) is 0 Å². The molecule has 1 aliphatic rings. The maximum absolute atomic E-state index is 11.1. The molecule has 1 aliphatic carbocycles. The molecule has 0 aromatic carbocycles. The Morgan fingerprint density at radius 2 is 2.31 bits per heavy atom. The Labute approximate surface area is 76.7 Å². The van der Waals surface area contributed by atoms with E-state index in [0.29, 0.717) is 6.61 Å². The molecule has 4 nitrogen and oxygen atoms in total. The Balaban J connectivity index is 2.30. The fourth-order valence-electron chi connectivity index (χ4n) is 1.17. The average Bonchev–Trinajstić information content (AvgIpc) is 2.80. The lowest BCUT2D eigenvalue weighted by molar-refractivity contribution is -0.144. The summed E-state index contributed by atoms with van der Waals surface area (Å²) in [5, 5.41) is 0. The number of ether oxygens (including phenoxy) is 1. The molecule has 0 spiro atoms. The SMILES string of the molecule is CCOC(=O)C1CC1C=CC(N)=O. The van der Waals surface area contributed by atoms with Crippen LogP contribution >= 0.6 is 0 Å². The Morgan fingerprint density at radius 1 is 1.62 bits per heavy atom. The van der Waals surface area contributed by atoms with Gasteiger partial charge in [-0.05, 0) is 25.3 Å². The second-order valence-corrected chi connectivity index (χ2v) is 3.02. The van der Waals surface area contributed by atoms with E-state index in [2.05, 4.69) is 0 Å². The van der Waals surface area contributed by atoms with Gasteiger partial charge in [-0.25, -0.2) is 0 Å². The normalized spacial score (nSPS) is 25.9. The van der Waals surface area contributed by atoms with Crippen molar-refractivity contribution < 1.29 is 14.3 Å². The van der Waals surface area contributed by atoms with Gasteiger partial charge < -0.3 is 10.5 Å². The van der Waals surface area contributed by atoms with Crippen LogP contribution < -0.4 is 5.73 Å². The molecule has 0 heterocycles. The summed E-state index contributed by atoms with van der Waals surface area (Å²) in [5.41, 5.74) is 4.91. The van der Waals surface area contributed by atoms with E-state index >= 15 is 0 Å². The molecule has 0 saturated heterocycles. The highest BCUT2D eigenvalue weighted by Crippen LogP contribution is 2.40. The number of hydrogen-bond donors (Lipinski definition) is 1. The molecular weight excluding hydrogens is 170 g/mol. The number of carbonyl (C=O) groups is 2. The van der Waals surface area contributed by atoms with Gasteiger partial charge in [0.25, 0.3) is 0 Å². The number of carbonyl (C=O) groups excluding carboxylic acids is 2. The first-order valence-corrected chi connectivity index (χ1v) is 4.29. The first-order chi connectivity index (χ1) is 6.15. The van der Waals surface area contributed by atoms with E-state index in [0.717, 1.165) is 6.42 Å². The van der Waals surface area contributed by atoms with E-state index in [-0.39, 0.29) is 17.8 Å². The highest BCUT2D eigenvalue weighted by Gasteiger charge is 2.42. The van der Waals surface area contributed by atoms with E-state index in [9.17, 15) is 9.59 Å². The van der Waals surface area contributed by atoms with Crippen LogP contribution in [0.2, 0.25) is 0 Å². The van der Waals surface area contributed by atoms with Crippen molar-refractivity contribution in [2.24, 2.45) is 17.6 Å². The maximum atomic E-state index is 11.1. The van der Waals surface area contributed by atoms with Crippen LogP contribution in [-0.2, 0) is 14.3 Å². The van der Waals surface area contributed by atoms with E-state index in [4.69, 9.17) is 10.5 Å². The zero-order valence-electron chi connectivity index (χ0n) is 7.53. The van der Waals surface area contributed by atoms with Gasteiger partial charge >= 0.3 is 5.97 Å². The number of allylic oxidation sites excluding steroid dienone is 1. The lowest BCUT2D eigenvalue weighted by Crippen LogP contribution is -2.08. The molecule has 2 atom stereocenters. The van der Waals surface area contributed by atoms with Crippen LogP contribution in [0.25, 0.3) is 0 Å². The first-order valence-electron chi connectivity index (χ1n) is 4.29. The quantitative estimate of drug-likeness (QED) is 0.501.